The van der Waals surface area contributed by atoms with Crippen LogP contribution in [0.4, 0.5) is 0 Å². The molecule has 1 amide bonds. The Kier molecular flexibility index (Phi) is 4.96. The largest absolute Gasteiger partial charge is 0.450 e. The molecule has 0 saturated carbocycles. The number of carbonyl (C=O) groups is 1. The van der Waals surface area contributed by atoms with Crippen LogP contribution in [0.25, 0.3) is 11.0 Å². The third-order valence-corrected chi connectivity index (χ3v) is 5.28. The molecule has 2 heterocycles. The van der Waals surface area contributed by atoms with Gasteiger partial charge in [-0.2, -0.15) is 0 Å². The third kappa shape index (κ3) is 3.21. The zero-order chi connectivity index (χ0) is 19.8. The first-order valence-corrected chi connectivity index (χ1v) is 9.62. The molecule has 6 heteroatoms. The molecule has 0 bridgehead atoms. The van der Waals surface area contributed by atoms with Crippen LogP contribution in [0, 0.1) is 0 Å². The molecule has 4 rings (SSSR count). The Bertz CT molecular complexity index is 1090. The van der Waals surface area contributed by atoms with Crippen molar-refractivity contribution in [2.24, 2.45) is 0 Å². The maximum absolute atomic E-state index is 13.3. The number of amides is 1. The zero-order valence-electron chi connectivity index (χ0n) is 15.8. The predicted molar refractivity (Wildman–Crippen MR) is 110 cm³/mol. The Morgan fingerprint density at radius 2 is 1.86 bits per heavy atom. The molecule has 0 fully saturated rings. The monoisotopic (exact) mass is 396 g/mol. The lowest BCUT2D eigenvalue weighted by Crippen LogP contribution is -2.32. The van der Waals surface area contributed by atoms with Gasteiger partial charge in [0.05, 0.1) is 17.0 Å². The first-order chi connectivity index (χ1) is 13.5. The fraction of sp³-hybridized carbons (Fsp3) is 0.273. The average Bonchev–Trinajstić information content (AvgIpc) is 2.95. The van der Waals surface area contributed by atoms with Gasteiger partial charge in [-0.15, -0.1) is 0 Å². The molecule has 1 atom stereocenters. The van der Waals surface area contributed by atoms with E-state index < -0.39 is 6.04 Å². The summed E-state index contributed by atoms with van der Waals surface area (Å²) in [7, 11) is 3.99. The Labute approximate surface area is 168 Å². The smallest absolute Gasteiger partial charge is 0.290 e. The van der Waals surface area contributed by atoms with Crippen LogP contribution in [-0.4, -0.2) is 42.9 Å². The number of halogens is 1. The summed E-state index contributed by atoms with van der Waals surface area (Å²) < 4.78 is 5.90. The molecule has 3 aromatic rings. The molecule has 144 valence electrons. The van der Waals surface area contributed by atoms with E-state index in [-0.39, 0.29) is 17.1 Å². The van der Waals surface area contributed by atoms with Gasteiger partial charge >= 0.3 is 0 Å². The molecule has 0 radical (unpaired) electrons. The van der Waals surface area contributed by atoms with E-state index in [9.17, 15) is 9.59 Å². The van der Waals surface area contributed by atoms with Crippen molar-refractivity contribution in [1.29, 1.82) is 0 Å². The molecule has 1 aliphatic heterocycles. The quantitative estimate of drug-likeness (QED) is 0.655. The number of rotatable bonds is 5. The van der Waals surface area contributed by atoms with Crippen molar-refractivity contribution in [3.63, 3.8) is 0 Å². The fourth-order valence-electron chi connectivity index (χ4n) is 3.76. The Hall–Kier alpha value is -2.63. The Morgan fingerprint density at radius 1 is 1.11 bits per heavy atom. The van der Waals surface area contributed by atoms with Crippen molar-refractivity contribution in [2.45, 2.75) is 12.5 Å². The van der Waals surface area contributed by atoms with E-state index in [4.69, 9.17) is 16.0 Å². The SMILES string of the molecule is CN(C)CCCN1C(=O)c2oc3ccc(Cl)cc3c(=O)c2[C@@H]1c1ccccc1. The van der Waals surface area contributed by atoms with E-state index in [1.807, 2.05) is 44.4 Å². The summed E-state index contributed by atoms with van der Waals surface area (Å²) in [5.41, 5.74) is 1.48. The lowest BCUT2D eigenvalue weighted by Gasteiger charge is -2.25. The summed E-state index contributed by atoms with van der Waals surface area (Å²) in [6.07, 6.45) is 0.801. The lowest BCUT2D eigenvalue weighted by atomic mass is 9.98. The highest BCUT2D eigenvalue weighted by molar-refractivity contribution is 6.31. The second-order valence-corrected chi connectivity index (χ2v) is 7.72. The van der Waals surface area contributed by atoms with Crippen LogP contribution < -0.4 is 5.43 Å². The molecular formula is C22H21ClN2O3. The summed E-state index contributed by atoms with van der Waals surface area (Å²) in [4.78, 5) is 30.3. The fourth-order valence-corrected chi connectivity index (χ4v) is 3.93. The summed E-state index contributed by atoms with van der Waals surface area (Å²) in [6, 6.07) is 14.1. The summed E-state index contributed by atoms with van der Waals surface area (Å²) in [5.74, 6) is -0.102. The number of hydrogen-bond acceptors (Lipinski definition) is 4. The first-order valence-electron chi connectivity index (χ1n) is 9.24. The molecule has 28 heavy (non-hydrogen) atoms. The first kappa shape index (κ1) is 18.7. The molecule has 0 N–H and O–H groups in total. The van der Waals surface area contributed by atoms with Crippen molar-refractivity contribution in [1.82, 2.24) is 9.80 Å². The van der Waals surface area contributed by atoms with Crippen molar-refractivity contribution in [3.8, 4) is 0 Å². The number of hydrogen-bond donors (Lipinski definition) is 0. The number of benzene rings is 2. The normalized spacial score (nSPS) is 16.2. The maximum Gasteiger partial charge on any atom is 0.290 e. The van der Waals surface area contributed by atoms with Crippen molar-refractivity contribution < 1.29 is 9.21 Å². The van der Waals surface area contributed by atoms with Crippen molar-refractivity contribution in [3.05, 3.63) is 80.7 Å². The van der Waals surface area contributed by atoms with Gasteiger partial charge in [-0.25, -0.2) is 0 Å². The standard InChI is InChI=1S/C22H21ClN2O3/c1-24(2)11-6-12-25-19(14-7-4-3-5-8-14)18-20(26)16-13-15(23)9-10-17(16)28-21(18)22(25)27/h3-5,7-10,13,19H,6,11-12H2,1-2H3/t19-/m0/s1. The minimum atomic E-state index is -0.453. The van der Waals surface area contributed by atoms with Gasteiger partial charge in [-0.3, -0.25) is 9.59 Å². The molecule has 5 nitrogen and oxygen atoms in total. The molecule has 0 spiro atoms. The zero-order valence-corrected chi connectivity index (χ0v) is 16.6. The van der Waals surface area contributed by atoms with Gasteiger partial charge in [0.2, 0.25) is 5.76 Å². The van der Waals surface area contributed by atoms with Gasteiger partial charge in [0.25, 0.3) is 5.91 Å². The molecule has 1 aromatic heterocycles. The van der Waals surface area contributed by atoms with Crippen LogP contribution in [0.3, 0.4) is 0 Å². The van der Waals surface area contributed by atoms with Crippen LogP contribution in [-0.2, 0) is 0 Å². The van der Waals surface area contributed by atoms with Crippen LogP contribution in [0.2, 0.25) is 5.02 Å². The van der Waals surface area contributed by atoms with Gasteiger partial charge < -0.3 is 14.2 Å². The van der Waals surface area contributed by atoms with E-state index in [0.29, 0.717) is 28.1 Å². The van der Waals surface area contributed by atoms with Crippen molar-refractivity contribution in [2.75, 3.05) is 27.2 Å². The van der Waals surface area contributed by atoms with Gasteiger partial charge in [-0.05, 0) is 50.8 Å². The van der Waals surface area contributed by atoms with E-state index in [1.54, 1.807) is 23.1 Å². The molecule has 0 aliphatic carbocycles. The van der Waals surface area contributed by atoms with E-state index in [1.165, 1.54) is 0 Å². The summed E-state index contributed by atoms with van der Waals surface area (Å²) >= 11 is 6.09. The van der Waals surface area contributed by atoms with Crippen LogP contribution in [0.1, 0.15) is 34.1 Å². The minimum absolute atomic E-state index is 0.138. The Morgan fingerprint density at radius 3 is 2.57 bits per heavy atom. The number of fused-ring (bicyclic) bond motifs is 2. The van der Waals surface area contributed by atoms with Crippen molar-refractivity contribution >= 4 is 28.5 Å². The maximum atomic E-state index is 13.3. The highest BCUT2D eigenvalue weighted by Crippen LogP contribution is 2.38. The molecule has 1 aliphatic rings. The topological polar surface area (TPSA) is 53.8 Å². The second-order valence-electron chi connectivity index (χ2n) is 7.28. The van der Waals surface area contributed by atoms with E-state index in [2.05, 4.69) is 4.90 Å². The van der Waals surface area contributed by atoms with Crippen LogP contribution in [0.15, 0.2) is 57.7 Å². The van der Waals surface area contributed by atoms with Gasteiger partial charge in [-0.1, -0.05) is 41.9 Å². The van der Waals surface area contributed by atoms with Gasteiger partial charge in [0.15, 0.2) is 5.43 Å². The molecule has 0 unspecified atom stereocenters. The van der Waals surface area contributed by atoms with Crippen LogP contribution in [0.5, 0.6) is 0 Å². The summed E-state index contributed by atoms with van der Waals surface area (Å²) in [6.45, 7) is 1.39. The van der Waals surface area contributed by atoms with E-state index >= 15 is 0 Å². The lowest BCUT2D eigenvalue weighted by molar-refractivity contribution is 0.0722. The highest BCUT2D eigenvalue weighted by Gasteiger charge is 2.42. The molecule has 0 saturated heterocycles. The van der Waals surface area contributed by atoms with Gasteiger partial charge in [0.1, 0.15) is 5.58 Å². The predicted octanol–water partition coefficient (Wildman–Crippen LogP) is 3.94. The van der Waals surface area contributed by atoms with Gasteiger partial charge in [0, 0.05) is 11.6 Å². The highest BCUT2D eigenvalue weighted by atomic mass is 35.5. The van der Waals surface area contributed by atoms with Crippen LogP contribution >= 0.6 is 11.6 Å². The number of nitrogens with zero attached hydrogens (tertiary/aromatic N) is 2. The Balaban J connectivity index is 1.88. The van der Waals surface area contributed by atoms with E-state index in [0.717, 1.165) is 18.5 Å². The summed E-state index contributed by atoms with van der Waals surface area (Å²) in [5, 5.41) is 0.860. The second kappa shape index (κ2) is 7.41. The molecule has 2 aromatic carbocycles. The molecular weight excluding hydrogens is 376 g/mol. The average molecular weight is 397 g/mol. The minimum Gasteiger partial charge on any atom is -0.450 e. The number of carbonyl (C=O) groups excluding carboxylic acids is 1. The third-order valence-electron chi connectivity index (χ3n) is 5.05.